The molecule has 3 N–H and O–H groups in total. The number of primary amides is 1. The molecule has 3 amide bonds. The number of imide groups is 1. The Kier molecular flexibility index (Phi) is 4.39. The van der Waals surface area contributed by atoms with Crippen LogP contribution in [0.3, 0.4) is 0 Å². The van der Waals surface area contributed by atoms with Gasteiger partial charge in [-0.05, 0) is 23.8 Å². The van der Waals surface area contributed by atoms with Crippen molar-refractivity contribution in [3.63, 3.8) is 0 Å². The molecule has 8 heteroatoms. The van der Waals surface area contributed by atoms with Gasteiger partial charge >= 0.3 is 12.0 Å². The van der Waals surface area contributed by atoms with Gasteiger partial charge in [-0.3, -0.25) is 10.1 Å². The predicted octanol–water partition coefficient (Wildman–Crippen LogP) is 0.167. The molecule has 1 aliphatic rings. The fraction of sp³-hybridized carbons (Fsp3) is 0.154. The summed E-state index contributed by atoms with van der Waals surface area (Å²) in [5.41, 5.74) is 5.44. The molecule has 0 saturated carbocycles. The molecular weight excluding hydrogens is 280 g/mol. The Morgan fingerprint density at radius 3 is 2.81 bits per heavy atom. The molecule has 0 saturated heterocycles. The van der Waals surface area contributed by atoms with Gasteiger partial charge in [-0.1, -0.05) is 6.07 Å². The molecule has 0 radical (unpaired) electrons. The summed E-state index contributed by atoms with van der Waals surface area (Å²) in [6.45, 7) is -0.424. The Morgan fingerprint density at radius 2 is 2.05 bits per heavy atom. The molecule has 8 nitrogen and oxygen atoms in total. The third-order valence-electron chi connectivity index (χ3n) is 2.42. The highest BCUT2D eigenvalue weighted by atomic mass is 16.7. The monoisotopic (exact) mass is 292 g/mol. The first kappa shape index (κ1) is 14.4. The maximum atomic E-state index is 11.4. The van der Waals surface area contributed by atoms with E-state index in [1.807, 2.05) is 0 Å². The van der Waals surface area contributed by atoms with E-state index in [4.69, 9.17) is 15.2 Å². The number of carbonyl (C=O) groups is 3. The van der Waals surface area contributed by atoms with Crippen LogP contribution in [0.15, 0.2) is 24.3 Å². The molecule has 1 aliphatic heterocycles. The topological polar surface area (TPSA) is 117 Å². The zero-order valence-corrected chi connectivity index (χ0v) is 10.8. The number of esters is 1. The standard InChI is InChI=1S/C13H12N2O6/c14-13(18)15-11(16)6-19-12(17)4-2-8-1-3-9-10(5-8)21-7-20-9/h1-5H,6-7H2,(H3,14,15,16,18)/b4-2+. The van der Waals surface area contributed by atoms with Gasteiger partial charge in [0.2, 0.25) is 6.79 Å². The van der Waals surface area contributed by atoms with Crippen molar-refractivity contribution in [2.75, 3.05) is 13.4 Å². The first-order chi connectivity index (χ1) is 10.0. The summed E-state index contributed by atoms with van der Waals surface area (Å²) in [5.74, 6) is -0.302. The lowest BCUT2D eigenvalue weighted by Gasteiger charge is -2.01. The van der Waals surface area contributed by atoms with Crippen LogP contribution in [0.25, 0.3) is 6.08 Å². The summed E-state index contributed by atoms with van der Waals surface area (Å²) in [5, 5.41) is 1.77. The number of ether oxygens (including phenoxy) is 3. The molecule has 0 fully saturated rings. The largest absolute Gasteiger partial charge is 0.454 e. The molecule has 0 bridgehead atoms. The van der Waals surface area contributed by atoms with Crippen molar-refractivity contribution in [3.8, 4) is 11.5 Å². The van der Waals surface area contributed by atoms with Gasteiger partial charge < -0.3 is 19.9 Å². The Bertz CT molecular complexity index is 611. The van der Waals surface area contributed by atoms with Gasteiger partial charge in [-0.2, -0.15) is 0 Å². The summed E-state index contributed by atoms with van der Waals surface area (Å²) < 4.78 is 15.0. The van der Waals surface area contributed by atoms with Crippen LogP contribution in [-0.4, -0.2) is 31.3 Å². The first-order valence-electron chi connectivity index (χ1n) is 5.88. The van der Waals surface area contributed by atoms with Gasteiger partial charge in [0.1, 0.15) is 0 Å². The summed E-state index contributed by atoms with van der Waals surface area (Å²) in [4.78, 5) is 32.8. The maximum absolute atomic E-state index is 11.4. The minimum absolute atomic E-state index is 0.166. The van der Waals surface area contributed by atoms with E-state index in [1.54, 1.807) is 23.5 Å². The van der Waals surface area contributed by atoms with E-state index in [0.29, 0.717) is 17.1 Å². The lowest BCUT2D eigenvalue weighted by atomic mass is 10.2. The number of hydrogen-bond acceptors (Lipinski definition) is 6. The van der Waals surface area contributed by atoms with E-state index < -0.39 is 24.5 Å². The van der Waals surface area contributed by atoms with Crippen LogP contribution in [0.2, 0.25) is 0 Å². The van der Waals surface area contributed by atoms with Gasteiger partial charge in [0, 0.05) is 6.08 Å². The maximum Gasteiger partial charge on any atom is 0.331 e. The second kappa shape index (κ2) is 6.42. The first-order valence-corrected chi connectivity index (χ1v) is 5.88. The van der Waals surface area contributed by atoms with E-state index in [-0.39, 0.29) is 6.79 Å². The van der Waals surface area contributed by atoms with Crippen LogP contribution in [-0.2, 0) is 14.3 Å². The van der Waals surface area contributed by atoms with E-state index in [9.17, 15) is 14.4 Å². The number of carbonyl (C=O) groups excluding carboxylic acids is 3. The molecule has 0 unspecified atom stereocenters. The number of fused-ring (bicyclic) bond motifs is 1. The van der Waals surface area contributed by atoms with Crippen LogP contribution in [0.5, 0.6) is 11.5 Å². The highest BCUT2D eigenvalue weighted by Gasteiger charge is 2.12. The number of hydrogen-bond donors (Lipinski definition) is 2. The van der Waals surface area contributed by atoms with Gasteiger partial charge in [0.05, 0.1) is 0 Å². The number of nitrogens with one attached hydrogen (secondary N) is 1. The number of amides is 3. The smallest absolute Gasteiger partial charge is 0.331 e. The summed E-state index contributed by atoms with van der Waals surface area (Å²) in [6, 6.07) is 4.14. The van der Waals surface area contributed by atoms with Crippen molar-refractivity contribution in [3.05, 3.63) is 29.8 Å². The van der Waals surface area contributed by atoms with Crippen LogP contribution >= 0.6 is 0 Å². The zero-order valence-electron chi connectivity index (χ0n) is 10.8. The Labute approximate surface area is 119 Å². The van der Waals surface area contributed by atoms with Crippen molar-refractivity contribution < 1.29 is 28.6 Å². The normalized spacial score (nSPS) is 12.2. The molecule has 21 heavy (non-hydrogen) atoms. The summed E-state index contributed by atoms with van der Waals surface area (Å²) in [6.07, 6.45) is 2.64. The van der Waals surface area contributed by atoms with E-state index >= 15 is 0 Å². The lowest BCUT2D eigenvalue weighted by molar-refractivity contribution is -0.143. The molecule has 1 aromatic rings. The Morgan fingerprint density at radius 1 is 1.29 bits per heavy atom. The Hall–Kier alpha value is -3.03. The van der Waals surface area contributed by atoms with Crippen molar-refractivity contribution in [1.82, 2.24) is 5.32 Å². The minimum atomic E-state index is -1.01. The molecule has 0 spiro atoms. The van der Waals surface area contributed by atoms with E-state index in [2.05, 4.69) is 4.74 Å². The van der Waals surface area contributed by atoms with Gasteiger partial charge in [-0.25, -0.2) is 9.59 Å². The number of rotatable bonds is 4. The zero-order chi connectivity index (χ0) is 15.2. The average molecular weight is 292 g/mol. The molecule has 2 rings (SSSR count). The van der Waals surface area contributed by atoms with Crippen LogP contribution in [0.1, 0.15) is 5.56 Å². The third-order valence-corrected chi connectivity index (χ3v) is 2.42. The van der Waals surface area contributed by atoms with Crippen molar-refractivity contribution in [2.45, 2.75) is 0 Å². The molecule has 110 valence electrons. The number of nitrogens with two attached hydrogens (primary N) is 1. The summed E-state index contributed by atoms with van der Waals surface area (Å²) >= 11 is 0. The second-order valence-corrected chi connectivity index (χ2v) is 3.97. The van der Waals surface area contributed by atoms with Crippen molar-refractivity contribution in [2.24, 2.45) is 5.73 Å². The van der Waals surface area contributed by atoms with Crippen molar-refractivity contribution >= 4 is 24.0 Å². The fourth-order valence-corrected chi connectivity index (χ4v) is 1.54. The van der Waals surface area contributed by atoms with Gasteiger partial charge in [-0.15, -0.1) is 0 Å². The highest BCUT2D eigenvalue weighted by molar-refractivity contribution is 5.95. The quantitative estimate of drug-likeness (QED) is 0.603. The van der Waals surface area contributed by atoms with Crippen LogP contribution in [0.4, 0.5) is 4.79 Å². The van der Waals surface area contributed by atoms with Gasteiger partial charge in [0.25, 0.3) is 5.91 Å². The van der Waals surface area contributed by atoms with Crippen LogP contribution in [0, 0.1) is 0 Å². The molecule has 1 aromatic carbocycles. The van der Waals surface area contributed by atoms with E-state index in [0.717, 1.165) is 6.08 Å². The predicted molar refractivity (Wildman–Crippen MR) is 70.3 cm³/mol. The highest BCUT2D eigenvalue weighted by Crippen LogP contribution is 2.32. The molecule has 0 atom stereocenters. The number of benzene rings is 1. The van der Waals surface area contributed by atoms with Gasteiger partial charge in [0.15, 0.2) is 18.1 Å². The molecule has 0 aromatic heterocycles. The second-order valence-electron chi connectivity index (χ2n) is 3.97. The SMILES string of the molecule is NC(=O)NC(=O)COC(=O)/C=C/c1ccc2c(c1)OCO2. The average Bonchev–Trinajstić information content (AvgIpc) is 2.89. The molecular formula is C13H12N2O6. The minimum Gasteiger partial charge on any atom is -0.454 e. The molecule has 1 heterocycles. The Balaban J connectivity index is 1.85. The summed E-state index contributed by atoms with van der Waals surface area (Å²) in [7, 11) is 0. The van der Waals surface area contributed by atoms with Crippen LogP contribution < -0.4 is 20.5 Å². The third kappa shape index (κ3) is 4.23. The molecule has 0 aliphatic carbocycles. The lowest BCUT2D eigenvalue weighted by Crippen LogP contribution is -2.37. The van der Waals surface area contributed by atoms with Crippen molar-refractivity contribution in [1.29, 1.82) is 0 Å². The fourth-order valence-electron chi connectivity index (χ4n) is 1.54. The van der Waals surface area contributed by atoms with E-state index in [1.165, 1.54) is 6.08 Å². The number of urea groups is 1.